The van der Waals surface area contributed by atoms with Crippen LogP contribution < -0.4 is 0 Å². The van der Waals surface area contributed by atoms with Crippen molar-refractivity contribution in [3.8, 4) is 0 Å². The summed E-state index contributed by atoms with van der Waals surface area (Å²) >= 11 is 2.75. The van der Waals surface area contributed by atoms with Crippen molar-refractivity contribution in [3.05, 3.63) is 0 Å². The summed E-state index contributed by atoms with van der Waals surface area (Å²) in [4.78, 5) is -1.31. The Morgan fingerprint density at radius 1 is 0.889 bits per heavy atom. The van der Waals surface area contributed by atoms with Gasteiger partial charge in [0, 0.05) is 0 Å². The van der Waals surface area contributed by atoms with Crippen LogP contribution in [0.25, 0.3) is 0 Å². The molecule has 110 valence electrons. The van der Waals surface area contributed by atoms with E-state index in [1.54, 1.807) is 0 Å². The standard InChI is InChI=1S/C11H32IN2PSi3/c1-11-15(12,13-16(2,3)4)14(17(5,6)7)18(8,9)10/h11H2,1-10H3. The van der Waals surface area contributed by atoms with Crippen molar-refractivity contribution in [3.63, 3.8) is 0 Å². The molecule has 0 aromatic rings. The molecule has 1 unspecified atom stereocenters. The third kappa shape index (κ3) is 5.91. The summed E-state index contributed by atoms with van der Waals surface area (Å²) in [7, 11) is -3.99. The Bertz CT molecular complexity index is 326. The van der Waals surface area contributed by atoms with E-state index in [4.69, 9.17) is 4.41 Å². The average Bonchev–Trinajstić information content (AvgIpc) is 1.93. The van der Waals surface area contributed by atoms with Gasteiger partial charge in [-0.1, -0.05) is 65.8 Å². The summed E-state index contributed by atoms with van der Waals surface area (Å²) in [6, 6.07) is 0. The van der Waals surface area contributed by atoms with Crippen molar-refractivity contribution < 1.29 is 0 Å². The van der Waals surface area contributed by atoms with Gasteiger partial charge in [0.1, 0.15) is 16.5 Å². The molecular formula is C11H32IN2PSi3. The fourth-order valence-electron chi connectivity index (χ4n) is 2.64. The third-order valence-electron chi connectivity index (χ3n) is 2.43. The molecule has 0 saturated carbocycles. The summed E-state index contributed by atoms with van der Waals surface area (Å²) in [6.07, 6.45) is 1.23. The lowest BCUT2D eigenvalue weighted by atomic mass is 11.0. The minimum atomic E-state index is -1.36. The quantitative estimate of drug-likeness (QED) is 0.282. The lowest BCUT2D eigenvalue weighted by molar-refractivity contribution is 0.967. The maximum absolute atomic E-state index is 5.42. The molecule has 0 aromatic heterocycles. The van der Waals surface area contributed by atoms with Gasteiger partial charge in [0.05, 0.1) is 4.85 Å². The SMILES string of the molecule is CCP(I)(=N[Si](C)(C)C)N([Si](C)(C)C)[Si](C)(C)C. The minimum absolute atomic E-state index is 1.23. The van der Waals surface area contributed by atoms with Crippen molar-refractivity contribution in [1.82, 2.24) is 4.00 Å². The summed E-state index contributed by atoms with van der Waals surface area (Å²) in [5.41, 5.74) is 0. The normalized spacial score (nSPS) is 17.8. The van der Waals surface area contributed by atoms with Crippen LogP contribution in [0, 0.1) is 0 Å². The van der Waals surface area contributed by atoms with E-state index in [0.29, 0.717) is 0 Å². The molecule has 18 heavy (non-hydrogen) atoms. The second-order valence-corrected chi connectivity index (χ2v) is 30.8. The molecule has 0 aliphatic heterocycles. The zero-order valence-electron chi connectivity index (χ0n) is 13.9. The molecule has 0 heterocycles. The summed E-state index contributed by atoms with van der Waals surface area (Å²) in [5.74, 6) is 0. The van der Waals surface area contributed by atoms with Crippen LogP contribution >= 0.6 is 26.9 Å². The Labute approximate surface area is 131 Å². The first kappa shape index (κ1) is 19.6. The van der Waals surface area contributed by atoms with E-state index in [0.717, 1.165) is 0 Å². The van der Waals surface area contributed by atoms with Crippen molar-refractivity contribution in [1.29, 1.82) is 0 Å². The summed E-state index contributed by atoms with van der Waals surface area (Å²) in [5, 5.41) is 0. The van der Waals surface area contributed by atoms with Gasteiger partial charge in [-0.3, -0.25) is 0 Å². The lowest BCUT2D eigenvalue weighted by Crippen LogP contribution is -2.56. The number of hydrogen-bond acceptors (Lipinski definition) is 1. The third-order valence-corrected chi connectivity index (χ3v) is 27.4. The highest BCUT2D eigenvalue weighted by Crippen LogP contribution is 2.65. The first-order valence-electron chi connectivity index (χ1n) is 6.76. The Hall–Kier alpha value is 1.57. The van der Waals surface area contributed by atoms with E-state index in [1.165, 1.54) is 6.16 Å². The lowest BCUT2D eigenvalue weighted by Gasteiger charge is -2.49. The van der Waals surface area contributed by atoms with E-state index in [9.17, 15) is 0 Å². The number of nitrogens with zero attached hydrogens (tertiary/aromatic N) is 2. The average molecular weight is 435 g/mol. The molecule has 0 spiro atoms. The van der Waals surface area contributed by atoms with Gasteiger partial charge in [0.2, 0.25) is 0 Å². The van der Waals surface area contributed by atoms with Gasteiger partial charge < -0.3 is 8.41 Å². The summed E-state index contributed by atoms with van der Waals surface area (Å²) < 4.78 is 8.39. The predicted molar refractivity (Wildman–Crippen MR) is 106 cm³/mol. The molecule has 0 amide bonds. The Morgan fingerprint density at radius 2 is 1.22 bits per heavy atom. The van der Waals surface area contributed by atoms with Gasteiger partial charge in [-0.2, -0.15) is 0 Å². The molecule has 0 rings (SSSR count). The minimum Gasteiger partial charge on any atom is -0.317 e. The van der Waals surface area contributed by atoms with Crippen molar-refractivity contribution in [2.24, 2.45) is 4.41 Å². The highest BCUT2D eigenvalue weighted by Gasteiger charge is 2.42. The molecule has 0 aromatic carbocycles. The van der Waals surface area contributed by atoms with Crippen LogP contribution in [-0.2, 0) is 0 Å². The fourth-order valence-corrected chi connectivity index (χ4v) is 42.1. The van der Waals surface area contributed by atoms with E-state index >= 15 is 0 Å². The van der Waals surface area contributed by atoms with Crippen LogP contribution in [-0.4, -0.2) is 34.9 Å². The smallest absolute Gasteiger partial charge is 0.173 e. The molecule has 0 N–H and O–H groups in total. The zero-order valence-corrected chi connectivity index (χ0v) is 20.0. The molecule has 0 saturated heterocycles. The topological polar surface area (TPSA) is 15.6 Å². The number of rotatable bonds is 5. The largest absolute Gasteiger partial charge is 0.317 e. The van der Waals surface area contributed by atoms with Gasteiger partial charge in [-0.05, 0) is 28.2 Å². The Balaban J connectivity index is 5.96. The second kappa shape index (κ2) is 6.13. The molecule has 0 bridgehead atoms. The summed E-state index contributed by atoms with van der Waals surface area (Å²) in [6.45, 7) is 24.4. The molecule has 1 atom stereocenters. The second-order valence-electron chi connectivity index (χ2n) is 7.88. The van der Waals surface area contributed by atoms with Crippen LogP contribution in [0.5, 0.6) is 0 Å². The molecule has 0 aliphatic carbocycles. The monoisotopic (exact) mass is 434 g/mol. The Morgan fingerprint density at radius 3 is 1.39 bits per heavy atom. The van der Waals surface area contributed by atoms with E-state index in [1.807, 2.05) is 0 Å². The highest BCUT2D eigenvalue weighted by atomic mass is 127. The molecule has 0 radical (unpaired) electrons. The van der Waals surface area contributed by atoms with Crippen molar-refractivity contribution in [2.75, 3.05) is 6.16 Å². The van der Waals surface area contributed by atoms with Crippen LogP contribution in [0.15, 0.2) is 4.41 Å². The maximum atomic E-state index is 5.42. The predicted octanol–water partition coefficient (Wildman–Crippen LogP) is 6.28. The van der Waals surface area contributed by atoms with Crippen molar-refractivity contribution in [2.45, 2.75) is 65.8 Å². The highest BCUT2D eigenvalue weighted by molar-refractivity contribution is 14.2. The molecule has 0 aliphatic rings. The van der Waals surface area contributed by atoms with Gasteiger partial charge >= 0.3 is 0 Å². The van der Waals surface area contributed by atoms with Crippen LogP contribution in [0.2, 0.25) is 58.9 Å². The number of halogens is 1. The zero-order chi connectivity index (χ0) is 15.0. The first-order valence-corrected chi connectivity index (χ1v) is 21.8. The van der Waals surface area contributed by atoms with Gasteiger partial charge in [0.25, 0.3) is 0 Å². The van der Waals surface area contributed by atoms with Crippen LogP contribution in [0.1, 0.15) is 6.92 Å². The van der Waals surface area contributed by atoms with Crippen LogP contribution in [0.3, 0.4) is 0 Å². The maximum Gasteiger partial charge on any atom is 0.173 e. The van der Waals surface area contributed by atoms with Gasteiger partial charge in [0.15, 0.2) is 8.24 Å². The van der Waals surface area contributed by atoms with E-state index in [-0.39, 0.29) is 0 Å². The molecular weight excluding hydrogens is 402 g/mol. The van der Waals surface area contributed by atoms with Gasteiger partial charge in [-0.15, -0.1) is 0 Å². The van der Waals surface area contributed by atoms with Crippen molar-refractivity contribution >= 4 is 51.6 Å². The molecule has 0 fully saturated rings. The number of hydrogen-bond donors (Lipinski definition) is 0. The van der Waals surface area contributed by atoms with E-state index in [2.05, 4.69) is 91.9 Å². The molecule has 7 heteroatoms. The Kier molecular flexibility index (Phi) is 6.67. The van der Waals surface area contributed by atoms with E-state index < -0.39 is 29.6 Å². The van der Waals surface area contributed by atoms with Crippen LogP contribution in [0.4, 0.5) is 0 Å². The first-order chi connectivity index (χ1) is 7.63. The fraction of sp³-hybridized carbons (Fsp3) is 1.00. The van der Waals surface area contributed by atoms with Gasteiger partial charge in [-0.25, -0.2) is 0 Å². The molecule has 2 nitrogen and oxygen atoms in total.